The molecule has 0 saturated heterocycles. The third-order valence-electron chi connectivity index (χ3n) is 2.68. The minimum absolute atomic E-state index is 0.551. The lowest BCUT2D eigenvalue weighted by atomic mass is 10.0. The summed E-state index contributed by atoms with van der Waals surface area (Å²) in [6.45, 7) is 7.53. The third kappa shape index (κ3) is 3.23. The van der Waals surface area contributed by atoms with Gasteiger partial charge in [-0.25, -0.2) is 0 Å². The van der Waals surface area contributed by atoms with Crippen molar-refractivity contribution in [2.75, 3.05) is 0 Å². The van der Waals surface area contributed by atoms with Crippen LogP contribution in [0, 0.1) is 5.92 Å². The first-order chi connectivity index (χ1) is 6.24. The Kier molecular flexibility index (Phi) is 4.03. The zero-order chi connectivity index (χ0) is 9.68. The van der Waals surface area contributed by atoms with E-state index >= 15 is 0 Å². The molecule has 1 heterocycles. The summed E-state index contributed by atoms with van der Waals surface area (Å²) >= 11 is 0. The molecular formula is C11H19NO. The van der Waals surface area contributed by atoms with Crippen molar-refractivity contribution in [2.24, 2.45) is 5.92 Å². The minimum atomic E-state index is 0.551. The summed E-state index contributed by atoms with van der Waals surface area (Å²) in [4.78, 5) is 0. The summed E-state index contributed by atoms with van der Waals surface area (Å²) in [7, 11) is 0. The zero-order valence-electron chi connectivity index (χ0n) is 8.71. The lowest BCUT2D eigenvalue weighted by molar-refractivity contribution is 0.370. The Labute approximate surface area is 80.3 Å². The van der Waals surface area contributed by atoms with Gasteiger partial charge in [0.2, 0.25) is 0 Å². The first-order valence-electron chi connectivity index (χ1n) is 4.99. The Balaban J connectivity index is 2.26. The van der Waals surface area contributed by atoms with E-state index in [2.05, 4.69) is 26.1 Å². The van der Waals surface area contributed by atoms with E-state index in [4.69, 9.17) is 4.42 Å². The van der Waals surface area contributed by atoms with E-state index in [1.54, 1.807) is 6.26 Å². The van der Waals surface area contributed by atoms with Gasteiger partial charge in [0.1, 0.15) is 5.76 Å². The molecule has 0 spiro atoms. The van der Waals surface area contributed by atoms with Gasteiger partial charge >= 0.3 is 0 Å². The van der Waals surface area contributed by atoms with Crippen molar-refractivity contribution in [1.29, 1.82) is 0 Å². The Hall–Kier alpha value is -0.760. The third-order valence-corrected chi connectivity index (χ3v) is 2.68. The summed E-state index contributed by atoms with van der Waals surface area (Å²) in [5, 5.41) is 3.44. The van der Waals surface area contributed by atoms with E-state index in [9.17, 15) is 0 Å². The fourth-order valence-corrected chi connectivity index (χ4v) is 1.23. The van der Waals surface area contributed by atoms with Crippen LogP contribution >= 0.6 is 0 Å². The van der Waals surface area contributed by atoms with E-state index in [-0.39, 0.29) is 0 Å². The largest absolute Gasteiger partial charge is 0.468 e. The Morgan fingerprint density at radius 1 is 1.46 bits per heavy atom. The van der Waals surface area contributed by atoms with Gasteiger partial charge in [-0.3, -0.25) is 0 Å². The quantitative estimate of drug-likeness (QED) is 0.755. The van der Waals surface area contributed by atoms with Crippen LogP contribution in [0.4, 0.5) is 0 Å². The maximum Gasteiger partial charge on any atom is 0.117 e. The molecule has 2 heteroatoms. The summed E-state index contributed by atoms with van der Waals surface area (Å²) in [6, 6.07) is 4.47. The highest BCUT2D eigenvalue weighted by molar-refractivity contribution is 4.97. The van der Waals surface area contributed by atoms with Crippen LogP contribution in [0.5, 0.6) is 0 Å². The first kappa shape index (κ1) is 10.3. The molecule has 1 aromatic heterocycles. The molecule has 0 aliphatic rings. The van der Waals surface area contributed by atoms with Crippen molar-refractivity contribution in [3.05, 3.63) is 24.2 Å². The molecule has 2 atom stereocenters. The van der Waals surface area contributed by atoms with Gasteiger partial charge in [0, 0.05) is 6.04 Å². The lowest BCUT2D eigenvalue weighted by Crippen LogP contribution is -2.31. The number of rotatable bonds is 5. The molecule has 1 rings (SSSR count). The highest BCUT2D eigenvalue weighted by Gasteiger charge is 2.09. The van der Waals surface area contributed by atoms with Crippen molar-refractivity contribution >= 4 is 0 Å². The van der Waals surface area contributed by atoms with Gasteiger partial charge in [0.25, 0.3) is 0 Å². The van der Waals surface area contributed by atoms with Crippen LogP contribution in [0.2, 0.25) is 0 Å². The fraction of sp³-hybridized carbons (Fsp3) is 0.636. The van der Waals surface area contributed by atoms with Gasteiger partial charge < -0.3 is 9.73 Å². The Bertz CT molecular complexity index is 218. The van der Waals surface area contributed by atoms with Crippen LogP contribution < -0.4 is 5.32 Å². The molecule has 1 N–H and O–H groups in total. The minimum Gasteiger partial charge on any atom is -0.468 e. The number of hydrogen-bond donors (Lipinski definition) is 1. The average Bonchev–Trinajstić information content (AvgIpc) is 2.65. The molecule has 0 aliphatic heterocycles. The van der Waals surface area contributed by atoms with Crippen LogP contribution in [-0.2, 0) is 6.54 Å². The van der Waals surface area contributed by atoms with Gasteiger partial charge in [-0.1, -0.05) is 20.3 Å². The second-order valence-electron chi connectivity index (χ2n) is 3.63. The molecule has 74 valence electrons. The molecule has 2 nitrogen and oxygen atoms in total. The van der Waals surface area contributed by atoms with Gasteiger partial charge in [0.05, 0.1) is 12.8 Å². The normalized spacial score (nSPS) is 15.6. The highest BCUT2D eigenvalue weighted by atomic mass is 16.3. The van der Waals surface area contributed by atoms with E-state index in [0.29, 0.717) is 6.04 Å². The molecule has 0 fully saturated rings. The van der Waals surface area contributed by atoms with E-state index in [0.717, 1.165) is 18.2 Å². The van der Waals surface area contributed by atoms with Crippen molar-refractivity contribution in [2.45, 2.75) is 39.8 Å². The molecule has 0 amide bonds. The summed E-state index contributed by atoms with van der Waals surface area (Å²) in [5.41, 5.74) is 0. The smallest absolute Gasteiger partial charge is 0.117 e. The number of furan rings is 1. The predicted molar refractivity (Wildman–Crippen MR) is 54.5 cm³/mol. The molecule has 0 radical (unpaired) electrons. The van der Waals surface area contributed by atoms with E-state index in [1.165, 1.54) is 6.42 Å². The second kappa shape index (κ2) is 5.07. The molecule has 1 aromatic rings. The molecule has 0 aliphatic carbocycles. The standard InChI is InChI=1S/C11H19NO/c1-4-9(2)10(3)12-8-11-6-5-7-13-11/h5-7,9-10,12H,4,8H2,1-3H3/t9-,10+/m0/s1. The second-order valence-corrected chi connectivity index (χ2v) is 3.63. The number of hydrogen-bond acceptors (Lipinski definition) is 2. The van der Waals surface area contributed by atoms with Gasteiger partial charge in [-0.05, 0) is 25.0 Å². The predicted octanol–water partition coefficient (Wildman–Crippen LogP) is 2.80. The van der Waals surface area contributed by atoms with E-state index < -0.39 is 0 Å². The molecule has 0 bridgehead atoms. The molecular weight excluding hydrogens is 162 g/mol. The summed E-state index contributed by atoms with van der Waals surface area (Å²) < 4.78 is 5.23. The monoisotopic (exact) mass is 181 g/mol. The average molecular weight is 181 g/mol. The highest BCUT2D eigenvalue weighted by Crippen LogP contribution is 2.08. The van der Waals surface area contributed by atoms with Gasteiger partial charge in [-0.2, -0.15) is 0 Å². The fourth-order valence-electron chi connectivity index (χ4n) is 1.23. The molecule has 0 saturated carbocycles. The van der Waals surface area contributed by atoms with Crippen LogP contribution in [0.15, 0.2) is 22.8 Å². The van der Waals surface area contributed by atoms with Crippen LogP contribution in [-0.4, -0.2) is 6.04 Å². The summed E-state index contributed by atoms with van der Waals surface area (Å²) in [5.74, 6) is 1.73. The maximum absolute atomic E-state index is 5.23. The Morgan fingerprint density at radius 2 is 2.23 bits per heavy atom. The van der Waals surface area contributed by atoms with Crippen molar-refractivity contribution in [3.63, 3.8) is 0 Å². The van der Waals surface area contributed by atoms with Crippen LogP contribution in [0.25, 0.3) is 0 Å². The van der Waals surface area contributed by atoms with Crippen molar-refractivity contribution in [3.8, 4) is 0 Å². The molecule has 13 heavy (non-hydrogen) atoms. The number of nitrogens with one attached hydrogen (secondary N) is 1. The van der Waals surface area contributed by atoms with Crippen molar-refractivity contribution < 1.29 is 4.42 Å². The van der Waals surface area contributed by atoms with Crippen LogP contribution in [0.3, 0.4) is 0 Å². The summed E-state index contributed by atoms with van der Waals surface area (Å²) in [6.07, 6.45) is 2.93. The van der Waals surface area contributed by atoms with E-state index in [1.807, 2.05) is 12.1 Å². The first-order valence-corrected chi connectivity index (χ1v) is 4.99. The Morgan fingerprint density at radius 3 is 2.77 bits per heavy atom. The molecule has 0 aromatic carbocycles. The SMILES string of the molecule is CC[C@H](C)[C@@H](C)NCc1ccco1. The maximum atomic E-state index is 5.23. The van der Waals surface area contributed by atoms with Gasteiger partial charge in [0.15, 0.2) is 0 Å². The lowest BCUT2D eigenvalue weighted by Gasteiger charge is -2.18. The van der Waals surface area contributed by atoms with Gasteiger partial charge in [-0.15, -0.1) is 0 Å². The topological polar surface area (TPSA) is 25.2 Å². The molecule has 0 unspecified atom stereocenters. The van der Waals surface area contributed by atoms with Crippen LogP contribution in [0.1, 0.15) is 33.0 Å². The van der Waals surface area contributed by atoms with Crippen molar-refractivity contribution in [1.82, 2.24) is 5.32 Å². The zero-order valence-corrected chi connectivity index (χ0v) is 8.71.